The van der Waals surface area contributed by atoms with E-state index in [9.17, 15) is 0 Å². The molecule has 0 amide bonds. The van der Waals surface area contributed by atoms with Crippen LogP contribution in [0.5, 0.6) is 11.5 Å². The molecule has 0 atom stereocenters. The lowest BCUT2D eigenvalue weighted by molar-refractivity contribution is -0.688. The summed E-state index contributed by atoms with van der Waals surface area (Å²) in [7, 11) is 3.31. The van der Waals surface area contributed by atoms with Crippen molar-refractivity contribution < 1.29 is 19.2 Å². The van der Waals surface area contributed by atoms with Gasteiger partial charge in [-0.1, -0.05) is 6.07 Å². The van der Waals surface area contributed by atoms with E-state index in [1.807, 2.05) is 30.3 Å². The predicted molar refractivity (Wildman–Crippen MR) is 67.6 cm³/mol. The second-order valence-electron chi connectivity index (χ2n) is 3.93. The number of methoxy groups -OCH3 is 2. The van der Waals surface area contributed by atoms with Crippen LogP contribution in [0, 0.1) is 0 Å². The molecule has 2 N–H and O–H groups in total. The Morgan fingerprint density at radius 1 is 1.06 bits per heavy atom. The molecule has 1 aromatic carbocycles. The molecule has 2 aromatic rings. The molecule has 0 aliphatic rings. The molecule has 1 aromatic heterocycles. The number of ether oxygens (including phenoxy) is 2. The van der Waals surface area contributed by atoms with Crippen molar-refractivity contribution in [2.75, 3.05) is 14.2 Å². The maximum atomic E-state index is 5.39. The Kier molecular flexibility index (Phi) is 4.25. The first-order valence-corrected chi connectivity index (χ1v) is 5.89. The molecule has 0 saturated heterocycles. The molecule has 0 bridgehead atoms. The third-order valence-electron chi connectivity index (χ3n) is 2.77. The van der Waals surface area contributed by atoms with Crippen molar-refractivity contribution in [3.63, 3.8) is 0 Å². The molecule has 0 aliphatic carbocycles. The van der Waals surface area contributed by atoms with Gasteiger partial charge < -0.3 is 19.2 Å². The van der Waals surface area contributed by atoms with Crippen LogP contribution >= 0.6 is 0 Å². The average Bonchev–Trinajstić information content (AvgIpc) is 2.91. The maximum absolute atomic E-state index is 5.39. The van der Waals surface area contributed by atoms with Gasteiger partial charge in [-0.25, -0.2) is 0 Å². The molecule has 0 spiro atoms. The standard InChI is InChI=1S/C14H17NO3/c1-16-13-7-3-5-11(14(13)17-2)9-15-10-12-6-4-8-18-12/h3-8,15H,9-10H2,1-2H3/p+1. The highest BCUT2D eigenvalue weighted by molar-refractivity contribution is 5.46. The molecule has 96 valence electrons. The summed E-state index contributed by atoms with van der Waals surface area (Å²) < 4.78 is 15.9. The predicted octanol–water partition coefficient (Wildman–Crippen LogP) is 1.56. The van der Waals surface area contributed by atoms with Crippen LogP contribution in [-0.2, 0) is 13.1 Å². The summed E-state index contributed by atoms with van der Waals surface area (Å²) in [6.07, 6.45) is 1.69. The summed E-state index contributed by atoms with van der Waals surface area (Å²) in [5.41, 5.74) is 1.11. The van der Waals surface area contributed by atoms with Gasteiger partial charge in [-0.15, -0.1) is 0 Å². The molecule has 0 unspecified atom stereocenters. The van der Waals surface area contributed by atoms with Gasteiger partial charge in [0.25, 0.3) is 0 Å². The van der Waals surface area contributed by atoms with Gasteiger partial charge in [0.1, 0.15) is 13.1 Å². The molecular formula is C14H18NO3+. The monoisotopic (exact) mass is 248 g/mol. The van der Waals surface area contributed by atoms with E-state index < -0.39 is 0 Å². The van der Waals surface area contributed by atoms with Gasteiger partial charge in [-0.2, -0.15) is 0 Å². The molecule has 4 nitrogen and oxygen atoms in total. The molecule has 0 saturated carbocycles. The molecule has 1 heterocycles. The molecule has 0 fully saturated rings. The first-order valence-electron chi connectivity index (χ1n) is 5.89. The normalized spacial score (nSPS) is 10.3. The van der Waals surface area contributed by atoms with Crippen molar-refractivity contribution in [2.24, 2.45) is 0 Å². The second-order valence-corrected chi connectivity index (χ2v) is 3.93. The Labute approximate surface area is 107 Å². The zero-order chi connectivity index (χ0) is 12.8. The zero-order valence-electron chi connectivity index (χ0n) is 10.7. The minimum Gasteiger partial charge on any atom is -0.493 e. The first kappa shape index (κ1) is 12.5. The fraction of sp³-hybridized carbons (Fsp3) is 0.286. The molecular weight excluding hydrogens is 230 g/mol. The summed E-state index contributed by atoms with van der Waals surface area (Å²) in [6.45, 7) is 1.63. The minimum atomic E-state index is 0.765. The van der Waals surface area contributed by atoms with E-state index in [0.29, 0.717) is 0 Å². The number of hydrogen-bond donors (Lipinski definition) is 1. The quantitative estimate of drug-likeness (QED) is 0.844. The highest BCUT2D eigenvalue weighted by atomic mass is 16.5. The third-order valence-corrected chi connectivity index (χ3v) is 2.77. The van der Waals surface area contributed by atoms with Gasteiger partial charge in [0.2, 0.25) is 0 Å². The van der Waals surface area contributed by atoms with Gasteiger partial charge in [0, 0.05) is 0 Å². The lowest BCUT2D eigenvalue weighted by atomic mass is 10.2. The molecule has 4 heteroatoms. The number of rotatable bonds is 6. The van der Waals surface area contributed by atoms with E-state index in [1.54, 1.807) is 20.5 Å². The van der Waals surface area contributed by atoms with E-state index in [4.69, 9.17) is 13.9 Å². The Hall–Kier alpha value is -1.94. The SMILES string of the molecule is COc1cccc(C[NH2+]Cc2ccco2)c1OC. The van der Waals surface area contributed by atoms with Crippen molar-refractivity contribution in [3.8, 4) is 11.5 Å². The summed E-state index contributed by atoms with van der Waals surface area (Å²) in [5.74, 6) is 2.54. The number of quaternary nitrogens is 1. The fourth-order valence-corrected chi connectivity index (χ4v) is 1.91. The molecule has 2 rings (SSSR count). The summed E-state index contributed by atoms with van der Waals surface area (Å²) in [5, 5.41) is 2.16. The number of para-hydroxylation sites is 1. The van der Waals surface area contributed by atoms with E-state index >= 15 is 0 Å². The lowest BCUT2D eigenvalue weighted by Crippen LogP contribution is -2.80. The van der Waals surface area contributed by atoms with Crippen molar-refractivity contribution >= 4 is 0 Å². The number of benzene rings is 1. The number of hydrogen-bond acceptors (Lipinski definition) is 3. The van der Waals surface area contributed by atoms with Crippen LogP contribution in [0.2, 0.25) is 0 Å². The van der Waals surface area contributed by atoms with Crippen LogP contribution in [0.15, 0.2) is 41.0 Å². The minimum absolute atomic E-state index is 0.765. The van der Waals surface area contributed by atoms with Crippen molar-refractivity contribution in [2.45, 2.75) is 13.1 Å². The molecule has 18 heavy (non-hydrogen) atoms. The van der Waals surface area contributed by atoms with Gasteiger partial charge in [-0.05, 0) is 24.3 Å². The Morgan fingerprint density at radius 3 is 2.61 bits per heavy atom. The highest BCUT2D eigenvalue weighted by Gasteiger charge is 2.10. The lowest BCUT2D eigenvalue weighted by Gasteiger charge is -2.11. The highest BCUT2D eigenvalue weighted by Crippen LogP contribution is 2.29. The Balaban J connectivity index is 2.00. The van der Waals surface area contributed by atoms with E-state index in [-0.39, 0.29) is 0 Å². The first-order chi connectivity index (χ1) is 8.85. The van der Waals surface area contributed by atoms with Gasteiger partial charge in [-0.3, -0.25) is 0 Å². The van der Waals surface area contributed by atoms with Gasteiger partial charge >= 0.3 is 0 Å². The molecule has 0 radical (unpaired) electrons. The smallest absolute Gasteiger partial charge is 0.169 e. The Bertz CT molecular complexity index is 480. The van der Waals surface area contributed by atoms with E-state index in [2.05, 4.69) is 5.32 Å². The van der Waals surface area contributed by atoms with Crippen molar-refractivity contribution in [3.05, 3.63) is 47.9 Å². The molecule has 0 aliphatic heterocycles. The number of furan rings is 1. The zero-order valence-corrected chi connectivity index (χ0v) is 10.7. The maximum Gasteiger partial charge on any atom is 0.169 e. The summed E-state index contributed by atoms with van der Waals surface area (Å²) in [4.78, 5) is 0. The van der Waals surface area contributed by atoms with Gasteiger partial charge in [0.05, 0.1) is 26.0 Å². The van der Waals surface area contributed by atoms with Crippen LogP contribution < -0.4 is 14.8 Å². The largest absolute Gasteiger partial charge is 0.493 e. The van der Waals surface area contributed by atoms with Crippen LogP contribution in [-0.4, -0.2) is 14.2 Å². The summed E-state index contributed by atoms with van der Waals surface area (Å²) >= 11 is 0. The summed E-state index contributed by atoms with van der Waals surface area (Å²) in [6, 6.07) is 9.78. The van der Waals surface area contributed by atoms with Gasteiger partial charge in [0.15, 0.2) is 17.3 Å². The number of nitrogens with two attached hydrogens (primary N) is 1. The fourth-order valence-electron chi connectivity index (χ4n) is 1.91. The third kappa shape index (κ3) is 2.84. The van der Waals surface area contributed by atoms with E-state index in [1.165, 1.54) is 0 Å². The van der Waals surface area contributed by atoms with Crippen LogP contribution in [0.25, 0.3) is 0 Å². The Morgan fingerprint density at radius 2 is 1.94 bits per heavy atom. The second kappa shape index (κ2) is 6.12. The van der Waals surface area contributed by atoms with Crippen molar-refractivity contribution in [1.29, 1.82) is 0 Å². The van der Waals surface area contributed by atoms with Crippen molar-refractivity contribution in [1.82, 2.24) is 0 Å². The van der Waals surface area contributed by atoms with Crippen LogP contribution in [0.4, 0.5) is 0 Å². The average molecular weight is 248 g/mol. The van der Waals surface area contributed by atoms with E-state index in [0.717, 1.165) is 35.9 Å². The van der Waals surface area contributed by atoms with Crippen LogP contribution in [0.3, 0.4) is 0 Å². The topological polar surface area (TPSA) is 48.2 Å². The van der Waals surface area contributed by atoms with Crippen LogP contribution in [0.1, 0.15) is 11.3 Å².